The van der Waals surface area contributed by atoms with Gasteiger partial charge in [-0.05, 0) is 12.8 Å². The van der Waals surface area contributed by atoms with Crippen molar-refractivity contribution in [3.05, 3.63) is 17.5 Å². The molecule has 14 heavy (non-hydrogen) atoms. The van der Waals surface area contributed by atoms with E-state index in [1.54, 1.807) is 0 Å². The molecule has 1 rings (SSSR count). The molecule has 0 N–H and O–H groups in total. The van der Waals surface area contributed by atoms with Gasteiger partial charge in [0.15, 0.2) is 0 Å². The number of halogens is 1. The van der Waals surface area contributed by atoms with Crippen molar-refractivity contribution >= 4 is 11.6 Å². The minimum atomic E-state index is 0.683. The molecular formula is C11H15ClN2. The third kappa shape index (κ3) is 3.08. The van der Waals surface area contributed by atoms with Gasteiger partial charge in [0.1, 0.15) is 0 Å². The fourth-order valence-corrected chi connectivity index (χ4v) is 1.35. The number of hydrogen-bond acceptors (Lipinski definition) is 1. The maximum absolute atomic E-state index is 5.56. The van der Waals surface area contributed by atoms with Crippen LogP contribution < -0.4 is 0 Å². The number of unbranched alkanes of at least 4 members (excludes halogenated alkanes) is 1. The van der Waals surface area contributed by atoms with Gasteiger partial charge in [-0.2, -0.15) is 5.10 Å². The molecule has 0 aliphatic heterocycles. The molecule has 1 aromatic rings. The van der Waals surface area contributed by atoms with Gasteiger partial charge in [-0.3, -0.25) is 4.68 Å². The molecule has 0 spiro atoms. The van der Waals surface area contributed by atoms with Gasteiger partial charge in [0.25, 0.3) is 0 Å². The second kappa shape index (κ2) is 5.72. The van der Waals surface area contributed by atoms with Crippen molar-refractivity contribution in [1.29, 1.82) is 0 Å². The number of alkyl halides is 1. The highest BCUT2D eigenvalue weighted by Crippen LogP contribution is 2.05. The third-order valence-corrected chi connectivity index (χ3v) is 2.17. The van der Waals surface area contributed by atoms with Crippen molar-refractivity contribution in [3.63, 3.8) is 0 Å². The van der Waals surface area contributed by atoms with E-state index in [4.69, 9.17) is 11.6 Å². The van der Waals surface area contributed by atoms with E-state index in [2.05, 4.69) is 23.9 Å². The summed E-state index contributed by atoms with van der Waals surface area (Å²) in [5, 5.41) is 4.32. The molecule has 0 aliphatic rings. The third-order valence-electron chi connectivity index (χ3n) is 1.90. The van der Waals surface area contributed by atoms with Crippen LogP contribution in [0.25, 0.3) is 0 Å². The monoisotopic (exact) mass is 210 g/mol. The zero-order valence-corrected chi connectivity index (χ0v) is 9.43. The SMILES string of the molecule is CCc1nn(C)cc1C#CCCCCl. The smallest absolute Gasteiger partial charge is 0.0778 e. The molecule has 1 heterocycles. The normalized spacial score (nSPS) is 9.64. The summed E-state index contributed by atoms with van der Waals surface area (Å²) in [5.74, 6) is 6.91. The number of hydrogen-bond donors (Lipinski definition) is 0. The largest absolute Gasteiger partial charge is 0.274 e. The Morgan fingerprint density at radius 2 is 2.36 bits per heavy atom. The number of aryl methyl sites for hydroxylation is 2. The van der Waals surface area contributed by atoms with Crippen LogP contribution in [0, 0.1) is 11.8 Å². The molecule has 0 unspecified atom stereocenters. The zero-order chi connectivity index (χ0) is 10.4. The zero-order valence-electron chi connectivity index (χ0n) is 8.68. The van der Waals surface area contributed by atoms with Gasteiger partial charge in [-0.25, -0.2) is 0 Å². The second-order valence-corrected chi connectivity index (χ2v) is 3.49. The molecule has 0 amide bonds. The van der Waals surface area contributed by atoms with E-state index in [9.17, 15) is 0 Å². The van der Waals surface area contributed by atoms with Crippen LogP contribution in [0.1, 0.15) is 31.0 Å². The molecule has 2 nitrogen and oxygen atoms in total. The molecule has 0 atom stereocenters. The minimum absolute atomic E-state index is 0.683. The van der Waals surface area contributed by atoms with E-state index in [1.807, 2.05) is 17.9 Å². The number of rotatable bonds is 3. The van der Waals surface area contributed by atoms with Crippen molar-refractivity contribution in [2.45, 2.75) is 26.2 Å². The quantitative estimate of drug-likeness (QED) is 0.426. The summed E-state index contributed by atoms with van der Waals surface area (Å²) in [7, 11) is 1.92. The van der Waals surface area contributed by atoms with E-state index >= 15 is 0 Å². The Labute approximate surface area is 90.3 Å². The lowest BCUT2D eigenvalue weighted by Gasteiger charge is -1.87. The van der Waals surface area contributed by atoms with Crippen LogP contribution in [0.5, 0.6) is 0 Å². The Kier molecular flexibility index (Phi) is 4.55. The van der Waals surface area contributed by atoms with Gasteiger partial charge in [0, 0.05) is 25.5 Å². The van der Waals surface area contributed by atoms with Crippen molar-refractivity contribution in [1.82, 2.24) is 9.78 Å². The number of aromatic nitrogens is 2. The molecule has 76 valence electrons. The predicted octanol–water partition coefficient (Wildman–Crippen LogP) is 2.35. The van der Waals surface area contributed by atoms with E-state index in [1.165, 1.54) is 0 Å². The van der Waals surface area contributed by atoms with E-state index in [0.717, 1.165) is 30.5 Å². The average Bonchev–Trinajstić information content (AvgIpc) is 2.54. The minimum Gasteiger partial charge on any atom is -0.274 e. The average molecular weight is 211 g/mol. The first kappa shape index (κ1) is 11.1. The van der Waals surface area contributed by atoms with Crippen LogP contribution in [-0.4, -0.2) is 15.7 Å². The first-order valence-corrected chi connectivity index (χ1v) is 5.38. The maximum Gasteiger partial charge on any atom is 0.0778 e. The first-order chi connectivity index (χ1) is 6.77. The Balaban J connectivity index is 2.67. The van der Waals surface area contributed by atoms with Crippen LogP contribution in [0.2, 0.25) is 0 Å². The van der Waals surface area contributed by atoms with Crippen molar-refractivity contribution in [2.24, 2.45) is 7.05 Å². The van der Waals surface area contributed by atoms with Gasteiger partial charge in [0.2, 0.25) is 0 Å². The second-order valence-electron chi connectivity index (χ2n) is 3.11. The van der Waals surface area contributed by atoms with Crippen LogP contribution in [0.15, 0.2) is 6.20 Å². The molecule has 0 saturated carbocycles. The summed E-state index contributed by atoms with van der Waals surface area (Å²) in [6, 6.07) is 0. The van der Waals surface area contributed by atoms with Crippen LogP contribution >= 0.6 is 11.6 Å². The van der Waals surface area contributed by atoms with Gasteiger partial charge in [-0.1, -0.05) is 18.8 Å². The highest BCUT2D eigenvalue weighted by Gasteiger charge is 2.01. The Morgan fingerprint density at radius 1 is 1.57 bits per heavy atom. The van der Waals surface area contributed by atoms with Gasteiger partial charge >= 0.3 is 0 Å². The molecule has 0 fully saturated rings. The Hall–Kier alpha value is -0.940. The summed E-state index contributed by atoms with van der Waals surface area (Å²) in [4.78, 5) is 0. The molecule has 0 saturated heterocycles. The van der Waals surface area contributed by atoms with Crippen molar-refractivity contribution < 1.29 is 0 Å². The maximum atomic E-state index is 5.56. The topological polar surface area (TPSA) is 17.8 Å². The molecule has 0 radical (unpaired) electrons. The summed E-state index contributed by atoms with van der Waals surface area (Å²) in [5.41, 5.74) is 2.12. The molecule has 0 aromatic carbocycles. The molecule has 1 aromatic heterocycles. The van der Waals surface area contributed by atoms with Crippen LogP contribution in [0.3, 0.4) is 0 Å². The predicted molar refractivity (Wildman–Crippen MR) is 59.4 cm³/mol. The standard InChI is InChI=1S/C11H15ClN2/c1-3-11-10(9-14(2)13-11)7-5-4-6-8-12/h9H,3-4,6,8H2,1-2H3. The lowest BCUT2D eigenvalue weighted by molar-refractivity contribution is 0.746. The van der Waals surface area contributed by atoms with E-state index in [0.29, 0.717) is 5.88 Å². The molecule has 3 heteroatoms. The summed E-state index contributed by atoms with van der Waals surface area (Å²) in [6.45, 7) is 2.09. The highest BCUT2D eigenvalue weighted by molar-refractivity contribution is 6.17. The molecule has 0 aliphatic carbocycles. The van der Waals surface area contributed by atoms with Crippen molar-refractivity contribution in [2.75, 3.05) is 5.88 Å². The van der Waals surface area contributed by atoms with E-state index in [-0.39, 0.29) is 0 Å². The fourth-order valence-electron chi connectivity index (χ4n) is 1.21. The fraction of sp³-hybridized carbons (Fsp3) is 0.545. The lowest BCUT2D eigenvalue weighted by Crippen LogP contribution is -1.89. The number of nitrogens with zero attached hydrogens (tertiary/aromatic N) is 2. The van der Waals surface area contributed by atoms with Crippen LogP contribution in [0.4, 0.5) is 0 Å². The lowest BCUT2D eigenvalue weighted by atomic mass is 10.2. The summed E-state index contributed by atoms with van der Waals surface area (Å²) in [6.07, 6.45) is 4.71. The Bertz CT molecular complexity index is 344. The summed E-state index contributed by atoms with van der Waals surface area (Å²) < 4.78 is 1.81. The molecule has 0 bridgehead atoms. The first-order valence-electron chi connectivity index (χ1n) is 4.85. The van der Waals surface area contributed by atoms with Gasteiger partial charge in [0.05, 0.1) is 11.3 Å². The van der Waals surface area contributed by atoms with Crippen molar-refractivity contribution in [3.8, 4) is 11.8 Å². The van der Waals surface area contributed by atoms with Gasteiger partial charge in [-0.15, -0.1) is 11.6 Å². The van der Waals surface area contributed by atoms with Crippen LogP contribution in [-0.2, 0) is 13.5 Å². The van der Waals surface area contributed by atoms with Gasteiger partial charge < -0.3 is 0 Å². The Morgan fingerprint density at radius 3 is 3.00 bits per heavy atom. The van der Waals surface area contributed by atoms with E-state index < -0.39 is 0 Å². The highest BCUT2D eigenvalue weighted by atomic mass is 35.5. The summed E-state index contributed by atoms with van der Waals surface area (Å²) >= 11 is 5.56. The molecular weight excluding hydrogens is 196 g/mol.